The normalized spacial score (nSPS) is 26.3. The Morgan fingerprint density at radius 2 is 1.72 bits per heavy atom. The predicted octanol–water partition coefficient (Wildman–Crippen LogP) is 1.55. The van der Waals surface area contributed by atoms with Gasteiger partial charge in [-0.05, 0) is 25.0 Å². The molecule has 11 nitrogen and oxygen atoms in total. The SMILES string of the molecule is COC1C=C2C(=NC3CC(Cl)=CC=C3C2=NCCNc2nc(N3CCNCC3)nc(N3CCNCC3)n2)CC1. The van der Waals surface area contributed by atoms with Crippen LogP contribution >= 0.6 is 11.6 Å². The van der Waals surface area contributed by atoms with Crippen molar-refractivity contribution in [2.45, 2.75) is 31.4 Å². The van der Waals surface area contributed by atoms with E-state index in [0.29, 0.717) is 19.0 Å². The molecule has 0 aromatic carbocycles. The van der Waals surface area contributed by atoms with Gasteiger partial charge in [-0.2, -0.15) is 15.0 Å². The van der Waals surface area contributed by atoms with Crippen molar-refractivity contribution in [1.82, 2.24) is 25.6 Å². The van der Waals surface area contributed by atoms with Gasteiger partial charge in [-0.15, -0.1) is 0 Å². The average Bonchev–Trinajstić information content (AvgIpc) is 2.99. The largest absolute Gasteiger partial charge is 0.377 e. The van der Waals surface area contributed by atoms with Crippen molar-refractivity contribution < 1.29 is 4.74 Å². The second-order valence-electron chi connectivity index (χ2n) is 10.3. The van der Waals surface area contributed by atoms with E-state index >= 15 is 0 Å². The zero-order chi connectivity index (χ0) is 26.6. The number of nitrogens with one attached hydrogen (secondary N) is 3. The highest BCUT2D eigenvalue weighted by atomic mass is 35.5. The molecule has 0 amide bonds. The summed E-state index contributed by atoms with van der Waals surface area (Å²) in [5, 5.41) is 11.1. The number of methoxy groups -OCH3 is 1. The summed E-state index contributed by atoms with van der Waals surface area (Å²) in [5.41, 5.74) is 4.35. The van der Waals surface area contributed by atoms with Crippen molar-refractivity contribution >= 4 is 40.9 Å². The van der Waals surface area contributed by atoms with E-state index in [2.05, 4.69) is 37.9 Å². The Kier molecular flexibility index (Phi) is 8.19. The number of allylic oxidation sites excluding steroid dienone is 3. The van der Waals surface area contributed by atoms with Crippen LogP contribution in [0.1, 0.15) is 19.3 Å². The third-order valence-electron chi connectivity index (χ3n) is 7.74. The first-order chi connectivity index (χ1) is 19.2. The second kappa shape index (κ2) is 12.1. The highest BCUT2D eigenvalue weighted by Gasteiger charge is 2.33. The summed E-state index contributed by atoms with van der Waals surface area (Å²) >= 11 is 6.37. The Morgan fingerprint density at radius 3 is 2.38 bits per heavy atom. The molecule has 2 atom stereocenters. The van der Waals surface area contributed by atoms with E-state index in [0.717, 1.165) is 111 Å². The molecular formula is C27H37ClN10O. The van der Waals surface area contributed by atoms with Crippen LogP contribution < -0.4 is 25.8 Å². The molecule has 208 valence electrons. The molecule has 2 aliphatic carbocycles. The van der Waals surface area contributed by atoms with Crippen LogP contribution in [0.15, 0.2) is 44.4 Å². The number of ether oxygens (including phenoxy) is 1. The zero-order valence-corrected chi connectivity index (χ0v) is 23.3. The molecule has 0 radical (unpaired) electrons. The van der Waals surface area contributed by atoms with Gasteiger partial charge in [-0.25, -0.2) is 0 Å². The number of hydrogen-bond donors (Lipinski definition) is 3. The van der Waals surface area contributed by atoms with Gasteiger partial charge in [0.2, 0.25) is 17.8 Å². The standard InChI is InChI=1S/C27H37ClN10O/c1-39-19-3-5-22-21(17-19)24(20-4-2-18(28)16-23(20)33-22)31-6-7-32-25-34-26(37-12-8-29-9-13-37)36-27(35-25)38-14-10-30-11-15-38/h2,4,17,19,23,29-30H,3,5-16H2,1H3,(H,32,34,35,36). The van der Waals surface area contributed by atoms with Crippen molar-refractivity contribution in [2.24, 2.45) is 9.98 Å². The number of anilines is 3. The molecule has 5 aliphatic rings. The lowest BCUT2D eigenvalue weighted by Gasteiger charge is -2.32. The number of aromatic nitrogens is 3. The minimum atomic E-state index is 0.0344. The fraction of sp³-hybridized carbons (Fsp3) is 0.593. The fourth-order valence-corrected chi connectivity index (χ4v) is 5.83. The van der Waals surface area contributed by atoms with E-state index in [9.17, 15) is 0 Å². The molecule has 4 heterocycles. The summed E-state index contributed by atoms with van der Waals surface area (Å²) in [6.45, 7) is 8.43. The van der Waals surface area contributed by atoms with Gasteiger partial charge in [0.15, 0.2) is 0 Å². The molecule has 3 aliphatic heterocycles. The summed E-state index contributed by atoms with van der Waals surface area (Å²) < 4.78 is 5.66. The number of fused-ring (bicyclic) bond motifs is 2. The van der Waals surface area contributed by atoms with Crippen molar-refractivity contribution in [3.8, 4) is 0 Å². The van der Waals surface area contributed by atoms with Crippen molar-refractivity contribution in [1.29, 1.82) is 0 Å². The Hall–Kier alpha value is -2.86. The van der Waals surface area contributed by atoms with Crippen LogP contribution in [0.2, 0.25) is 0 Å². The molecule has 12 heteroatoms. The predicted molar refractivity (Wildman–Crippen MR) is 157 cm³/mol. The number of hydrogen-bond acceptors (Lipinski definition) is 11. The molecule has 2 saturated heterocycles. The lowest BCUT2D eigenvalue weighted by Crippen LogP contribution is -2.46. The molecule has 0 bridgehead atoms. The van der Waals surface area contributed by atoms with E-state index in [1.807, 2.05) is 6.08 Å². The third kappa shape index (κ3) is 6.01. The monoisotopic (exact) mass is 552 g/mol. The first-order valence-electron chi connectivity index (χ1n) is 14.0. The summed E-state index contributed by atoms with van der Waals surface area (Å²) in [7, 11) is 1.76. The van der Waals surface area contributed by atoms with Gasteiger partial charge in [0.1, 0.15) is 0 Å². The molecule has 3 N–H and O–H groups in total. The Labute approximate surface area is 234 Å². The van der Waals surface area contributed by atoms with Gasteiger partial charge < -0.3 is 30.5 Å². The summed E-state index contributed by atoms with van der Waals surface area (Å²) in [4.78, 5) is 29.0. The maximum Gasteiger partial charge on any atom is 0.232 e. The molecule has 0 spiro atoms. The Balaban J connectivity index is 1.21. The maximum atomic E-state index is 6.37. The van der Waals surface area contributed by atoms with E-state index in [-0.39, 0.29) is 12.1 Å². The van der Waals surface area contributed by atoms with E-state index in [1.54, 1.807) is 7.11 Å². The van der Waals surface area contributed by atoms with Crippen LogP contribution in [0.25, 0.3) is 0 Å². The number of halogens is 1. The Bertz CT molecular complexity index is 1180. The quantitative estimate of drug-likeness (QED) is 0.433. The summed E-state index contributed by atoms with van der Waals surface area (Å²) in [6, 6.07) is 0.0344. The molecule has 1 aromatic rings. The van der Waals surface area contributed by atoms with Gasteiger partial charge >= 0.3 is 0 Å². The third-order valence-corrected chi connectivity index (χ3v) is 8.02. The van der Waals surface area contributed by atoms with Gasteiger partial charge in [0, 0.05) is 94.3 Å². The molecule has 39 heavy (non-hydrogen) atoms. The second-order valence-corrected chi connectivity index (χ2v) is 10.8. The molecule has 2 unspecified atom stereocenters. The van der Waals surface area contributed by atoms with Crippen molar-refractivity contribution in [3.63, 3.8) is 0 Å². The van der Waals surface area contributed by atoms with Crippen molar-refractivity contribution in [2.75, 3.05) is 87.7 Å². The van der Waals surface area contributed by atoms with E-state index < -0.39 is 0 Å². The molecule has 6 rings (SSSR count). The van der Waals surface area contributed by atoms with Gasteiger partial charge in [0.25, 0.3) is 0 Å². The first-order valence-corrected chi connectivity index (χ1v) is 14.4. The first kappa shape index (κ1) is 26.4. The van der Waals surface area contributed by atoms with Gasteiger partial charge in [0.05, 0.1) is 24.4 Å². The fourth-order valence-electron chi connectivity index (χ4n) is 5.62. The van der Waals surface area contributed by atoms with Crippen LogP contribution in [0.4, 0.5) is 17.8 Å². The average molecular weight is 553 g/mol. The number of aliphatic imine (C=N–C) groups is 2. The minimum absolute atomic E-state index is 0.0344. The molecule has 2 fully saturated rings. The van der Waals surface area contributed by atoms with Crippen LogP contribution in [-0.4, -0.2) is 111 Å². The Morgan fingerprint density at radius 1 is 1.03 bits per heavy atom. The highest BCUT2D eigenvalue weighted by Crippen LogP contribution is 2.34. The number of rotatable bonds is 7. The molecule has 1 aromatic heterocycles. The van der Waals surface area contributed by atoms with Crippen LogP contribution in [-0.2, 0) is 4.74 Å². The van der Waals surface area contributed by atoms with Crippen LogP contribution in [0, 0.1) is 0 Å². The van der Waals surface area contributed by atoms with E-state index in [4.69, 9.17) is 41.3 Å². The summed E-state index contributed by atoms with van der Waals surface area (Å²) in [6.07, 6.45) is 8.86. The van der Waals surface area contributed by atoms with Crippen LogP contribution in [0.3, 0.4) is 0 Å². The smallest absolute Gasteiger partial charge is 0.232 e. The lowest BCUT2D eigenvalue weighted by atomic mass is 9.81. The topological polar surface area (TPSA) is 115 Å². The highest BCUT2D eigenvalue weighted by molar-refractivity contribution is 6.34. The number of piperazine rings is 2. The molecule has 0 saturated carbocycles. The lowest BCUT2D eigenvalue weighted by molar-refractivity contribution is 0.133. The molecular weight excluding hydrogens is 516 g/mol. The van der Waals surface area contributed by atoms with Crippen LogP contribution in [0.5, 0.6) is 0 Å². The van der Waals surface area contributed by atoms with Gasteiger partial charge in [-0.3, -0.25) is 9.98 Å². The maximum absolute atomic E-state index is 6.37. The van der Waals surface area contributed by atoms with Gasteiger partial charge in [-0.1, -0.05) is 17.7 Å². The minimum Gasteiger partial charge on any atom is -0.377 e. The summed E-state index contributed by atoms with van der Waals surface area (Å²) in [5.74, 6) is 2.07. The number of nitrogens with zero attached hydrogens (tertiary/aromatic N) is 7. The zero-order valence-electron chi connectivity index (χ0n) is 22.5. The van der Waals surface area contributed by atoms with E-state index in [1.165, 1.54) is 0 Å². The van der Waals surface area contributed by atoms with Crippen molar-refractivity contribution in [3.05, 3.63) is 34.4 Å².